The molecule has 0 spiro atoms. The molecule has 0 aromatic carbocycles. The summed E-state index contributed by atoms with van der Waals surface area (Å²) in [6, 6.07) is -3.47. The standard InChI is InChI=1S/C26H60N12O3/c1-12(24(39)36-9-6-17(30)21(33)14(3)27)20(26(41)38-11-8-19(32)23(35)16(5)29)13(2)25(40)37-10-7-18(31)22(34)15(4)28/h12-23H,6-11,27-35H2,1-5H3,(H,36,39)(H,37,40)(H,38,41). The number of nitrogens with two attached hydrogens (primary N) is 9. The van der Waals surface area contributed by atoms with Crippen LogP contribution in [0.3, 0.4) is 0 Å². The Labute approximate surface area is 245 Å². The minimum atomic E-state index is -0.978. The van der Waals surface area contributed by atoms with Crippen LogP contribution >= 0.6 is 0 Å². The van der Waals surface area contributed by atoms with Gasteiger partial charge in [-0.2, -0.15) is 0 Å². The van der Waals surface area contributed by atoms with Crippen molar-refractivity contribution >= 4 is 17.7 Å². The maximum absolute atomic E-state index is 13.3. The number of hydrogen-bond donors (Lipinski definition) is 12. The Balaban J connectivity index is 5.43. The number of rotatable bonds is 20. The van der Waals surface area contributed by atoms with E-state index in [2.05, 4.69) is 16.0 Å². The van der Waals surface area contributed by atoms with E-state index in [1.165, 1.54) is 0 Å². The Kier molecular flexibility index (Phi) is 18.4. The van der Waals surface area contributed by atoms with Crippen molar-refractivity contribution in [2.24, 2.45) is 69.4 Å². The Bertz CT molecular complexity index is 741. The molecule has 3 amide bonds. The molecule has 242 valence electrons. The smallest absolute Gasteiger partial charge is 0.224 e. The summed E-state index contributed by atoms with van der Waals surface area (Å²) in [6.07, 6.45) is 1.17. The molecule has 11 unspecified atom stereocenters. The van der Waals surface area contributed by atoms with E-state index < -0.39 is 71.7 Å². The van der Waals surface area contributed by atoms with E-state index in [9.17, 15) is 14.4 Å². The van der Waals surface area contributed by atoms with Gasteiger partial charge in [-0.05, 0) is 40.0 Å². The van der Waals surface area contributed by atoms with Crippen LogP contribution < -0.4 is 67.6 Å². The first-order valence-corrected chi connectivity index (χ1v) is 14.6. The van der Waals surface area contributed by atoms with Gasteiger partial charge in [0.1, 0.15) is 0 Å². The second-order valence-electron chi connectivity index (χ2n) is 11.6. The molecule has 15 heteroatoms. The SMILES string of the molecule is CC(N)C(N)C(N)CCNC(=O)C(C)C(C(=O)NCCC(N)C(N)C(C)N)C(C)C(=O)NCCC(N)C(N)C(C)N. The summed E-state index contributed by atoms with van der Waals surface area (Å²) in [5, 5.41) is 8.41. The first-order valence-electron chi connectivity index (χ1n) is 14.6. The molecule has 0 bridgehead atoms. The summed E-state index contributed by atoms with van der Waals surface area (Å²) in [7, 11) is 0. The minimum absolute atomic E-state index is 0.202. The zero-order valence-electron chi connectivity index (χ0n) is 25.6. The number of nitrogens with one attached hydrogen (secondary N) is 3. The first-order chi connectivity index (χ1) is 18.9. The molecule has 0 fully saturated rings. The second kappa shape index (κ2) is 19.3. The molecule has 0 heterocycles. The van der Waals surface area contributed by atoms with Crippen LogP contribution in [-0.2, 0) is 14.4 Å². The van der Waals surface area contributed by atoms with Crippen LogP contribution in [0.2, 0.25) is 0 Å². The molecule has 0 rings (SSSR count). The zero-order chi connectivity index (χ0) is 32.0. The topological polar surface area (TPSA) is 321 Å². The summed E-state index contributed by atoms with van der Waals surface area (Å²) in [5.74, 6) is -3.92. The molecular formula is C26H60N12O3. The first kappa shape index (κ1) is 39.0. The van der Waals surface area contributed by atoms with Gasteiger partial charge in [-0.25, -0.2) is 0 Å². The van der Waals surface area contributed by atoms with E-state index in [4.69, 9.17) is 51.6 Å². The van der Waals surface area contributed by atoms with Gasteiger partial charge in [-0.3, -0.25) is 14.4 Å². The van der Waals surface area contributed by atoms with Gasteiger partial charge in [0.2, 0.25) is 17.7 Å². The highest BCUT2D eigenvalue weighted by atomic mass is 16.2. The van der Waals surface area contributed by atoms with Crippen molar-refractivity contribution in [3.8, 4) is 0 Å². The number of amides is 3. The van der Waals surface area contributed by atoms with Crippen LogP contribution in [0.25, 0.3) is 0 Å². The molecule has 0 aliphatic heterocycles. The van der Waals surface area contributed by atoms with Crippen molar-refractivity contribution in [1.82, 2.24) is 16.0 Å². The molecule has 0 aromatic rings. The highest BCUT2D eigenvalue weighted by Gasteiger charge is 2.38. The summed E-state index contributed by atoms with van der Waals surface area (Å²) < 4.78 is 0. The van der Waals surface area contributed by atoms with Gasteiger partial charge in [0.15, 0.2) is 0 Å². The third-order valence-corrected chi connectivity index (χ3v) is 7.84. The third kappa shape index (κ3) is 13.7. The van der Waals surface area contributed by atoms with E-state index in [-0.39, 0.29) is 37.8 Å². The van der Waals surface area contributed by atoms with Crippen LogP contribution in [0.1, 0.15) is 53.9 Å². The predicted molar refractivity (Wildman–Crippen MR) is 163 cm³/mol. The largest absolute Gasteiger partial charge is 0.356 e. The van der Waals surface area contributed by atoms with Gasteiger partial charge in [0.05, 0.1) is 5.92 Å². The molecular weight excluding hydrogens is 528 g/mol. The van der Waals surface area contributed by atoms with Crippen LogP contribution in [0.4, 0.5) is 0 Å². The fourth-order valence-electron chi connectivity index (χ4n) is 4.49. The fraction of sp³-hybridized carbons (Fsp3) is 0.885. The molecule has 21 N–H and O–H groups in total. The Morgan fingerprint density at radius 3 is 0.951 bits per heavy atom. The molecule has 15 nitrogen and oxygen atoms in total. The van der Waals surface area contributed by atoms with E-state index in [1.807, 2.05) is 0 Å². The molecule has 0 saturated heterocycles. The average Bonchev–Trinajstić information content (AvgIpc) is 2.90. The highest BCUT2D eigenvalue weighted by molar-refractivity contribution is 5.92. The summed E-state index contributed by atoms with van der Waals surface area (Å²) in [4.78, 5) is 39.5. The lowest BCUT2D eigenvalue weighted by Crippen LogP contribution is -2.54. The molecule has 41 heavy (non-hydrogen) atoms. The highest BCUT2D eigenvalue weighted by Crippen LogP contribution is 2.23. The normalized spacial score (nSPS) is 20.6. The van der Waals surface area contributed by atoms with Gasteiger partial charge in [-0.15, -0.1) is 0 Å². The van der Waals surface area contributed by atoms with Crippen molar-refractivity contribution in [3.05, 3.63) is 0 Å². The lowest BCUT2D eigenvalue weighted by molar-refractivity contribution is -0.140. The van der Waals surface area contributed by atoms with E-state index in [1.54, 1.807) is 34.6 Å². The summed E-state index contributed by atoms with van der Waals surface area (Å²) in [6.45, 7) is 9.17. The lowest BCUT2D eigenvalue weighted by Gasteiger charge is -2.29. The van der Waals surface area contributed by atoms with Crippen molar-refractivity contribution in [1.29, 1.82) is 0 Å². The monoisotopic (exact) mass is 588 g/mol. The number of carbonyl (C=O) groups is 3. The molecule has 11 atom stereocenters. The van der Waals surface area contributed by atoms with Gasteiger partial charge >= 0.3 is 0 Å². The Morgan fingerprint density at radius 2 is 0.707 bits per heavy atom. The molecule has 0 aromatic heterocycles. The third-order valence-electron chi connectivity index (χ3n) is 7.84. The van der Waals surface area contributed by atoms with Crippen molar-refractivity contribution in [2.45, 2.75) is 108 Å². The van der Waals surface area contributed by atoms with E-state index in [0.29, 0.717) is 19.3 Å². The van der Waals surface area contributed by atoms with Gasteiger partial charge in [0.25, 0.3) is 0 Å². The maximum Gasteiger partial charge on any atom is 0.224 e. The fourth-order valence-corrected chi connectivity index (χ4v) is 4.49. The molecule has 0 radical (unpaired) electrons. The van der Waals surface area contributed by atoms with Crippen LogP contribution in [-0.4, -0.2) is 91.7 Å². The van der Waals surface area contributed by atoms with Crippen molar-refractivity contribution in [2.75, 3.05) is 19.6 Å². The second-order valence-corrected chi connectivity index (χ2v) is 11.6. The summed E-state index contributed by atoms with van der Waals surface area (Å²) >= 11 is 0. The Morgan fingerprint density at radius 1 is 0.463 bits per heavy atom. The van der Waals surface area contributed by atoms with Gasteiger partial charge in [-0.1, -0.05) is 13.8 Å². The predicted octanol–water partition coefficient (Wildman–Crippen LogP) is -4.60. The minimum Gasteiger partial charge on any atom is -0.356 e. The molecule has 0 aliphatic rings. The van der Waals surface area contributed by atoms with Gasteiger partial charge < -0.3 is 67.6 Å². The van der Waals surface area contributed by atoms with Gasteiger partial charge in [0, 0.05) is 85.8 Å². The average molecular weight is 589 g/mol. The van der Waals surface area contributed by atoms with Crippen molar-refractivity contribution in [3.63, 3.8) is 0 Å². The maximum atomic E-state index is 13.3. The number of carbonyl (C=O) groups excluding carboxylic acids is 3. The molecule has 0 aliphatic carbocycles. The van der Waals surface area contributed by atoms with E-state index >= 15 is 0 Å². The summed E-state index contributed by atoms with van der Waals surface area (Å²) in [5.41, 5.74) is 53.6. The molecule has 0 saturated carbocycles. The van der Waals surface area contributed by atoms with Crippen LogP contribution in [0, 0.1) is 17.8 Å². The quantitative estimate of drug-likeness (QED) is 0.0639. The van der Waals surface area contributed by atoms with Crippen LogP contribution in [0.5, 0.6) is 0 Å². The number of hydrogen-bond acceptors (Lipinski definition) is 12. The van der Waals surface area contributed by atoms with Crippen LogP contribution in [0.15, 0.2) is 0 Å². The van der Waals surface area contributed by atoms with E-state index in [0.717, 1.165) is 0 Å². The van der Waals surface area contributed by atoms with Crippen molar-refractivity contribution < 1.29 is 14.4 Å². The lowest BCUT2D eigenvalue weighted by atomic mass is 9.81. The Hall–Kier alpha value is -1.95. The zero-order valence-corrected chi connectivity index (χ0v) is 25.6.